The predicted molar refractivity (Wildman–Crippen MR) is 55.2 cm³/mol. The second-order valence-corrected chi connectivity index (χ2v) is 4.08. The van der Waals surface area contributed by atoms with Gasteiger partial charge < -0.3 is 10.2 Å². The smallest absolute Gasteiger partial charge is 0.317 e. The van der Waals surface area contributed by atoms with Crippen LogP contribution < -0.4 is 5.32 Å². The van der Waals surface area contributed by atoms with E-state index in [4.69, 9.17) is 5.26 Å². The number of nitrogens with one attached hydrogen (secondary N) is 1. The number of fused-ring (bicyclic) bond motifs is 1. The first kappa shape index (κ1) is 10.2. The average Bonchev–Trinajstić information content (AvgIpc) is 2.62. The number of carbonyl (C=O) groups excluding carboxylic acids is 1. The molecule has 2 fully saturated rings. The van der Waals surface area contributed by atoms with E-state index in [2.05, 4.69) is 16.3 Å². The van der Waals surface area contributed by atoms with E-state index in [-0.39, 0.29) is 18.1 Å². The van der Waals surface area contributed by atoms with Crippen molar-refractivity contribution in [2.24, 2.45) is 0 Å². The Morgan fingerprint density at radius 3 is 3.13 bits per heavy atom. The molecule has 0 bridgehead atoms. The Kier molecular flexibility index (Phi) is 2.78. The number of hydrogen-bond acceptors (Lipinski definition) is 3. The standard InChI is InChI=1S/C10H16N4O/c1-2-8(5-11)13-3-4-14-9(7-13)6-12-10(14)15/h8-9H,2-4,6-7H2,1H3,(H,12,15). The van der Waals surface area contributed by atoms with Gasteiger partial charge in [0, 0.05) is 26.2 Å². The minimum Gasteiger partial charge on any atom is -0.336 e. The molecule has 0 aromatic heterocycles. The van der Waals surface area contributed by atoms with E-state index >= 15 is 0 Å². The minimum atomic E-state index is 0.00264. The molecule has 15 heavy (non-hydrogen) atoms. The van der Waals surface area contributed by atoms with Crippen molar-refractivity contribution in [3.8, 4) is 6.07 Å². The van der Waals surface area contributed by atoms with Gasteiger partial charge in [0.25, 0.3) is 0 Å². The monoisotopic (exact) mass is 208 g/mol. The molecule has 0 saturated carbocycles. The number of amides is 2. The molecular formula is C10H16N4O. The van der Waals surface area contributed by atoms with E-state index in [1.807, 2.05) is 11.8 Å². The zero-order valence-corrected chi connectivity index (χ0v) is 8.94. The highest BCUT2D eigenvalue weighted by molar-refractivity contribution is 5.77. The van der Waals surface area contributed by atoms with Crippen LogP contribution in [0.4, 0.5) is 4.79 Å². The van der Waals surface area contributed by atoms with Gasteiger partial charge in [-0.2, -0.15) is 5.26 Å². The average molecular weight is 208 g/mol. The van der Waals surface area contributed by atoms with Crippen LogP contribution in [-0.4, -0.2) is 54.1 Å². The first-order valence-electron chi connectivity index (χ1n) is 5.44. The summed E-state index contributed by atoms with van der Waals surface area (Å²) < 4.78 is 0. The van der Waals surface area contributed by atoms with Crippen LogP contribution in [0.1, 0.15) is 13.3 Å². The maximum Gasteiger partial charge on any atom is 0.317 e. The Morgan fingerprint density at radius 2 is 2.47 bits per heavy atom. The summed E-state index contributed by atoms with van der Waals surface area (Å²) in [5.74, 6) is 0. The zero-order valence-electron chi connectivity index (χ0n) is 8.94. The highest BCUT2D eigenvalue weighted by Gasteiger charge is 2.36. The van der Waals surface area contributed by atoms with Gasteiger partial charge in [0.15, 0.2) is 0 Å². The highest BCUT2D eigenvalue weighted by atomic mass is 16.2. The van der Waals surface area contributed by atoms with E-state index in [0.29, 0.717) is 0 Å². The molecule has 2 rings (SSSR count). The third-order valence-electron chi connectivity index (χ3n) is 3.24. The first-order chi connectivity index (χ1) is 7.26. The minimum absolute atomic E-state index is 0.00264. The van der Waals surface area contributed by atoms with Crippen molar-refractivity contribution in [3.05, 3.63) is 0 Å². The molecule has 2 aliphatic rings. The van der Waals surface area contributed by atoms with E-state index in [9.17, 15) is 4.79 Å². The Labute approximate surface area is 89.6 Å². The Morgan fingerprint density at radius 1 is 1.67 bits per heavy atom. The van der Waals surface area contributed by atoms with E-state index in [1.54, 1.807) is 0 Å². The molecule has 0 radical (unpaired) electrons. The quantitative estimate of drug-likeness (QED) is 0.694. The second-order valence-electron chi connectivity index (χ2n) is 4.08. The van der Waals surface area contributed by atoms with Crippen LogP contribution in [0.3, 0.4) is 0 Å². The molecule has 5 heteroatoms. The van der Waals surface area contributed by atoms with Crippen LogP contribution in [-0.2, 0) is 0 Å². The first-order valence-corrected chi connectivity index (χ1v) is 5.44. The van der Waals surface area contributed by atoms with Crippen LogP contribution in [0.5, 0.6) is 0 Å². The lowest BCUT2D eigenvalue weighted by Crippen LogP contribution is -2.54. The SMILES string of the molecule is CCC(C#N)N1CCN2C(=O)NCC2C1. The number of nitrogens with zero attached hydrogens (tertiary/aromatic N) is 3. The fourth-order valence-corrected chi connectivity index (χ4v) is 2.34. The summed E-state index contributed by atoms with van der Waals surface area (Å²) in [6.07, 6.45) is 0.852. The van der Waals surface area contributed by atoms with Crippen LogP contribution in [0.2, 0.25) is 0 Å². The molecule has 0 spiro atoms. The van der Waals surface area contributed by atoms with Gasteiger partial charge in [0.1, 0.15) is 0 Å². The van der Waals surface area contributed by atoms with Gasteiger partial charge in [-0.3, -0.25) is 4.90 Å². The van der Waals surface area contributed by atoms with Crippen molar-refractivity contribution in [1.82, 2.24) is 15.1 Å². The lowest BCUT2D eigenvalue weighted by molar-refractivity contribution is 0.103. The third-order valence-corrected chi connectivity index (χ3v) is 3.24. The van der Waals surface area contributed by atoms with Crippen molar-refractivity contribution in [1.29, 1.82) is 5.26 Å². The van der Waals surface area contributed by atoms with Crippen LogP contribution in [0.25, 0.3) is 0 Å². The molecule has 2 heterocycles. The number of nitriles is 1. The fraction of sp³-hybridized carbons (Fsp3) is 0.800. The third kappa shape index (κ3) is 1.77. The summed E-state index contributed by atoms with van der Waals surface area (Å²) >= 11 is 0. The van der Waals surface area contributed by atoms with E-state index in [0.717, 1.165) is 32.6 Å². The second kappa shape index (κ2) is 4.07. The fourth-order valence-electron chi connectivity index (χ4n) is 2.34. The molecule has 2 aliphatic heterocycles. The van der Waals surface area contributed by atoms with Gasteiger partial charge in [0.05, 0.1) is 18.2 Å². The molecule has 2 amide bonds. The highest BCUT2D eigenvalue weighted by Crippen LogP contribution is 2.16. The predicted octanol–water partition coefficient (Wildman–Crippen LogP) is -0.00202. The maximum atomic E-state index is 11.4. The largest absolute Gasteiger partial charge is 0.336 e. The van der Waals surface area contributed by atoms with Crippen molar-refractivity contribution in [2.75, 3.05) is 26.2 Å². The summed E-state index contributed by atoms with van der Waals surface area (Å²) in [4.78, 5) is 15.4. The summed E-state index contributed by atoms with van der Waals surface area (Å²) in [7, 11) is 0. The van der Waals surface area contributed by atoms with Gasteiger partial charge in [0.2, 0.25) is 0 Å². The molecule has 2 atom stereocenters. The summed E-state index contributed by atoms with van der Waals surface area (Å²) in [6, 6.07) is 2.62. The normalized spacial score (nSPS) is 28.1. The zero-order chi connectivity index (χ0) is 10.8. The van der Waals surface area contributed by atoms with Gasteiger partial charge in [-0.05, 0) is 6.42 Å². The van der Waals surface area contributed by atoms with Crippen molar-refractivity contribution < 1.29 is 4.79 Å². The van der Waals surface area contributed by atoms with E-state index < -0.39 is 0 Å². The summed E-state index contributed by atoms with van der Waals surface area (Å²) in [5, 5.41) is 11.8. The number of hydrogen-bond donors (Lipinski definition) is 1. The van der Waals surface area contributed by atoms with Crippen molar-refractivity contribution in [3.63, 3.8) is 0 Å². The Bertz CT molecular complexity index is 298. The molecule has 0 aromatic rings. The summed E-state index contributed by atoms with van der Waals surface area (Å²) in [5.41, 5.74) is 0. The molecule has 1 N–H and O–H groups in total. The molecule has 0 aromatic carbocycles. The van der Waals surface area contributed by atoms with Gasteiger partial charge >= 0.3 is 6.03 Å². The van der Waals surface area contributed by atoms with Gasteiger partial charge in [-0.15, -0.1) is 0 Å². The van der Waals surface area contributed by atoms with Crippen molar-refractivity contribution >= 4 is 6.03 Å². The molecular weight excluding hydrogens is 192 g/mol. The number of urea groups is 1. The summed E-state index contributed by atoms with van der Waals surface area (Å²) in [6.45, 7) is 5.13. The molecule has 82 valence electrons. The number of piperazine rings is 1. The molecule has 5 nitrogen and oxygen atoms in total. The lowest BCUT2D eigenvalue weighted by atomic mass is 10.1. The van der Waals surface area contributed by atoms with E-state index in [1.165, 1.54) is 0 Å². The molecule has 0 aliphatic carbocycles. The van der Waals surface area contributed by atoms with Crippen LogP contribution in [0, 0.1) is 11.3 Å². The molecule has 2 unspecified atom stereocenters. The Hall–Kier alpha value is -1.28. The van der Waals surface area contributed by atoms with Crippen molar-refractivity contribution in [2.45, 2.75) is 25.4 Å². The lowest BCUT2D eigenvalue weighted by Gasteiger charge is -2.38. The maximum absolute atomic E-state index is 11.4. The van der Waals surface area contributed by atoms with Crippen LogP contribution in [0.15, 0.2) is 0 Å². The van der Waals surface area contributed by atoms with Gasteiger partial charge in [-0.1, -0.05) is 6.92 Å². The topological polar surface area (TPSA) is 59.4 Å². The number of carbonyl (C=O) groups is 1. The Balaban J connectivity index is 1.99. The van der Waals surface area contributed by atoms with Crippen LogP contribution >= 0.6 is 0 Å². The van der Waals surface area contributed by atoms with Gasteiger partial charge in [-0.25, -0.2) is 4.79 Å². The molecule has 2 saturated heterocycles. The number of rotatable bonds is 2.